The van der Waals surface area contributed by atoms with Gasteiger partial charge in [0, 0.05) is 6.54 Å². The van der Waals surface area contributed by atoms with E-state index in [1.807, 2.05) is 26.0 Å². The minimum absolute atomic E-state index is 0.0871. The molecule has 5 heteroatoms. The largest absolute Gasteiger partial charge is 0.508 e. The van der Waals surface area contributed by atoms with Crippen molar-refractivity contribution in [3.8, 4) is 5.75 Å². The monoisotopic (exact) mass is 315 g/mol. The van der Waals surface area contributed by atoms with Crippen LogP contribution in [0.5, 0.6) is 5.75 Å². The van der Waals surface area contributed by atoms with Crippen LogP contribution >= 0.6 is 0 Å². The van der Waals surface area contributed by atoms with Crippen molar-refractivity contribution < 1.29 is 19.4 Å². The second-order valence-electron chi connectivity index (χ2n) is 7.27. The van der Waals surface area contributed by atoms with Crippen molar-refractivity contribution in [1.29, 1.82) is 0 Å². The van der Waals surface area contributed by atoms with Crippen LogP contribution in [-0.2, 0) is 20.7 Å². The lowest BCUT2D eigenvalue weighted by molar-refractivity contribution is -0.145. The molecular weight excluding hydrogens is 294 g/mol. The van der Waals surface area contributed by atoms with E-state index in [0.29, 0.717) is 13.0 Å². The molecule has 0 saturated carbocycles. The highest BCUT2D eigenvalue weighted by atomic mass is 16.5. The normalized spacial score (nSPS) is 38.4. The van der Waals surface area contributed by atoms with Gasteiger partial charge in [0.05, 0.1) is 23.0 Å². The molecule has 0 radical (unpaired) electrons. The van der Waals surface area contributed by atoms with Crippen LogP contribution in [0.3, 0.4) is 0 Å². The summed E-state index contributed by atoms with van der Waals surface area (Å²) < 4.78 is 5.91. The first kappa shape index (κ1) is 14.7. The van der Waals surface area contributed by atoms with Gasteiger partial charge in [-0.2, -0.15) is 0 Å². The molecule has 1 aromatic rings. The Morgan fingerprint density at radius 3 is 2.13 bits per heavy atom. The third kappa shape index (κ3) is 1.66. The molecule has 0 spiro atoms. The predicted octanol–water partition coefficient (Wildman–Crippen LogP) is 1.88. The molecular formula is C18H21NO4. The van der Waals surface area contributed by atoms with Gasteiger partial charge < -0.3 is 9.84 Å². The summed E-state index contributed by atoms with van der Waals surface area (Å²) in [7, 11) is 0. The summed E-state index contributed by atoms with van der Waals surface area (Å²) in [5.41, 5.74) is -0.445. The first-order valence-corrected chi connectivity index (χ1v) is 8.19. The highest BCUT2D eigenvalue weighted by Gasteiger charge is 2.76. The van der Waals surface area contributed by atoms with Gasteiger partial charge in [0.2, 0.25) is 11.8 Å². The summed E-state index contributed by atoms with van der Waals surface area (Å²) in [6.45, 7) is 4.18. The zero-order valence-electron chi connectivity index (χ0n) is 13.4. The zero-order chi connectivity index (χ0) is 16.4. The van der Waals surface area contributed by atoms with Crippen molar-refractivity contribution in [3.05, 3.63) is 29.8 Å². The van der Waals surface area contributed by atoms with Crippen molar-refractivity contribution in [2.24, 2.45) is 10.8 Å². The number of rotatable bonds is 3. The van der Waals surface area contributed by atoms with Crippen molar-refractivity contribution in [3.63, 3.8) is 0 Å². The minimum Gasteiger partial charge on any atom is -0.508 e. The Kier molecular flexibility index (Phi) is 2.92. The maximum atomic E-state index is 13.0. The lowest BCUT2D eigenvalue weighted by atomic mass is 9.59. The molecule has 3 aliphatic heterocycles. The molecule has 4 atom stereocenters. The molecule has 4 rings (SSSR count). The average molecular weight is 315 g/mol. The van der Waals surface area contributed by atoms with E-state index in [4.69, 9.17) is 4.74 Å². The summed E-state index contributed by atoms with van der Waals surface area (Å²) in [4.78, 5) is 27.4. The van der Waals surface area contributed by atoms with Crippen LogP contribution in [0.2, 0.25) is 0 Å². The number of nitrogens with zero attached hydrogens (tertiary/aromatic N) is 1. The van der Waals surface area contributed by atoms with E-state index < -0.39 is 10.8 Å². The summed E-state index contributed by atoms with van der Waals surface area (Å²) in [6, 6.07) is 6.87. The number of phenolic OH excluding ortho intramolecular Hbond substituents is 1. The van der Waals surface area contributed by atoms with Crippen LogP contribution in [0.1, 0.15) is 32.3 Å². The van der Waals surface area contributed by atoms with Gasteiger partial charge in [-0.25, -0.2) is 0 Å². The number of imide groups is 1. The summed E-state index contributed by atoms with van der Waals surface area (Å²) in [6.07, 6.45) is 2.06. The number of amides is 2. The van der Waals surface area contributed by atoms with Gasteiger partial charge in [0.15, 0.2) is 0 Å². The van der Waals surface area contributed by atoms with Crippen molar-refractivity contribution in [2.45, 2.75) is 45.3 Å². The fourth-order valence-corrected chi connectivity index (χ4v) is 4.63. The zero-order valence-corrected chi connectivity index (χ0v) is 13.4. The van der Waals surface area contributed by atoms with Gasteiger partial charge in [-0.15, -0.1) is 0 Å². The molecule has 0 aliphatic carbocycles. The minimum atomic E-state index is -0.720. The van der Waals surface area contributed by atoms with Crippen LogP contribution < -0.4 is 0 Å². The smallest absolute Gasteiger partial charge is 0.238 e. The molecule has 5 nitrogen and oxygen atoms in total. The van der Waals surface area contributed by atoms with E-state index in [0.717, 1.165) is 18.4 Å². The van der Waals surface area contributed by atoms with Gasteiger partial charge in [-0.05, 0) is 50.8 Å². The molecule has 122 valence electrons. The first-order valence-electron chi connectivity index (χ1n) is 8.19. The molecule has 0 unspecified atom stereocenters. The van der Waals surface area contributed by atoms with E-state index in [9.17, 15) is 14.7 Å². The van der Waals surface area contributed by atoms with Gasteiger partial charge in [0.25, 0.3) is 0 Å². The fraction of sp³-hybridized carbons (Fsp3) is 0.556. The molecule has 3 heterocycles. The second kappa shape index (κ2) is 4.57. The molecule has 23 heavy (non-hydrogen) atoms. The number of ether oxygens (including phenoxy) is 1. The fourth-order valence-electron chi connectivity index (χ4n) is 4.63. The topological polar surface area (TPSA) is 66.8 Å². The molecule has 3 aliphatic rings. The first-order chi connectivity index (χ1) is 10.9. The van der Waals surface area contributed by atoms with Gasteiger partial charge in [-0.1, -0.05) is 12.1 Å². The van der Waals surface area contributed by atoms with Gasteiger partial charge >= 0.3 is 0 Å². The Balaban J connectivity index is 1.58. The van der Waals surface area contributed by atoms with Crippen LogP contribution in [0, 0.1) is 10.8 Å². The Labute approximate surface area is 135 Å². The summed E-state index contributed by atoms with van der Waals surface area (Å²) in [5.74, 6) is 0.0392. The van der Waals surface area contributed by atoms with Crippen LogP contribution in [0.15, 0.2) is 24.3 Å². The number of fused-ring (bicyclic) bond motifs is 5. The van der Waals surface area contributed by atoms with Crippen molar-refractivity contribution in [1.82, 2.24) is 4.90 Å². The summed E-state index contributed by atoms with van der Waals surface area (Å²) >= 11 is 0. The van der Waals surface area contributed by atoms with Gasteiger partial charge in [-0.3, -0.25) is 14.5 Å². The van der Waals surface area contributed by atoms with Crippen LogP contribution in [-0.4, -0.2) is 40.6 Å². The molecule has 2 amide bonds. The Morgan fingerprint density at radius 2 is 1.61 bits per heavy atom. The number of phenols is 1. The maximum Gasteiger partial charge on any atom is 0.238 e. The third-order valence-corrected chi connectivity index (χ3v) is 6.33. The standard InChI is InChI=1S/C18H21NO4/c1-17-13-7-8-14(23-13)18(17,2)16(22)19(15(17)21)10-9-11-3-5-12(20)6-4-11/h3-6,13-14,20H,7-10H2,1-2H3/t13-,14+,17+,18-. The van der Waals surface area contributed by atoms with E-state index in [1.54, 1.807) is 12.1 Å². The number of aromatic hydroxyl groups is 1. The molecule has 0 aromatic heterocycles. The predicted molar refractivity (Wildman–Crippen MR) is 82.6 cm³/mol. The molecule has 2 bridgehead atoms. The van der Waals surface area contributed by atoms with Gasteiger partial charge in [0.1, 0.15) is 5.75 Å². The quantitative estimate of drug-likeness (QED) is 0.865. The molecule has 1 N–H and O–H groups in total. The average Bonchev–Trinajstić information content (AvgIpc) is 3.15. The number of carbonyl (C=O) groups is 2. The number of carbonyl (C=O) groups excluding carboxylic acids is 2. The van der Waals surface area contributed by atoms with E-state index in [2.05, 4.69) is 0 Å². The van der Waals surface area contributed by atoms with Crippen LogP contribution in [0.4, 0.5) is 0 Å². The molecule has 1 aromatic carbocycles. The number of benzene rings is 1. The Bertz CT molecular complexity index is 651. The Hall–Kier alpha value is -1.88. The SMILES string of the molecule is C[C@@]12C(=O)N(CCc3ccc(O)cc3)C(=O)[C@]1(C)[C@H]1CC[C@@H]2O1. The van der Waals surface area contributed by atoms with E-state index >= 15 is 0 Å². The second-order valence-corrected chi connectivity index (χ2v) is 7.27. The van der Waals surface area contributed by atoms with Crippen LogP contribution in [0.25, 0.3) is 0 Å². The Morgan fingerprint density at radius 1 is 1.09 bits per heavy atom. The summed E-state index contributed by atoms with van der Waals surface area (Å²) in [5, 5.41) is 9.33. The molecule has 3 fully saturated rings. The lowest BCUT2D eigenvalue weighted by Gasteiger charge is -2.36. The van der Waals surface area contributed by atoms with E-state index in [-0.39, 0.29) is 29.8 Å². The van der Waals surface area contributed by atoms with E-state index in [1.165, 1.54) is 4.90 Å². The third-order valence-electron chi connectivity index (χ3n) is 6.33. The highest BCUT2D eigenvalue weighted by molar-refractivity contribution is 6.10. The number of hydrogen-bond acceptors (Lipinski definition) is 4. The highest BCUT2D eigenvalue weighted by Crippen LogP contribution is 2.64. The molecule has 3 saturated heterocycles. The maximum absolute atomic E-state index is 13.0. The number of hydrogen-bond donors (Lipinski definition) is 1. The van der Waals surface area contributed by atoms with Crippen molar-refractivity contribution >= 4 is 11.8 Å². The van der Waals surface area contributed by atoms with Crippen molar-refractivity contribution in [2.75, 3.05) is 6.54 Å². The lowest BCUT2D eigenvalue weighted by Crippen LogP contribution is -2.48. The number of likely N-dealkylation sites (tertiary alicyclic amines) is 1.